The lowest BCUT2D eigenvalue weighted by Crippen LogP contribution is -2.50. The van der Waals surface area contributed by atoms with Gasteiger partial charge in [-0.05, 0) is 67.6 Å². The van der Waals surface area contributed by atoms with Crippen molar-refractivity contribution in [2.75, 3.05) is 38.0 Å². The Morgan fingerprint density at radius 1 is 1.17 bits per heavy atom. The van der Waals surface area contributed by atoms with E-state index in [-0.39, 0.29) is 17.9 Å². The average molecular weight is 512 g/mol. The molecule has 1 saturated heterocycles. The summed E-state index contributed by atoms with van der Waals surface area (Å²) in [5.74, 6) is 0.786. The van der Waals surface area contributed by atoms with Gasteiger partial charge in [-0.15, -0.1) is 0 Å². The number of aliphatic hydroxyl groups is 1. The molecule has 2 heterocycles. The van der Waals surface area contributed by atoms with Crippen LogP contribution in [0.3, 0.4) is 0 Å². The van der Waals surface area contributed by atoms with Gasteiger partial charge >= 0.3 is 0 Å². The van der Waals surface area contributed by atoms with Crippen molar-refractivity contribution in [2.24, 2.45) is 21.5 Å². The number of guanidine groups is 1. The summed E-state index contributed by atoms with van der Waals surface area (Å²) in [7, 11) is 0. The first kappa shape index (κ1) is 26.1. The van der Waals surface area contributed by atoms with Gasteiger partial charge in [-0.25, -0.2) is 0 Å². The lowest BCUT2D eigenvalue weighted by molar-refractivity contribution is -0.0309. The number of nitrogens with one attached hydrogen (secondary N) is 2. The molecule has 1 fully saturated rings. The number of hydrogen-bond donors (Lipinski definition) is 5. The highest BCUT2D eigenvalue weighted by Gasteiger charge is 2.37. The molecule has 1 amide bonds. The van der Waals surface area contributed by atoms with Gasteiger partial charge in [-0.2, -0.15) is 4.99 Å². The molecule has 1 unspecified atom stereocenters. The second kappa shape index (κ2) is 11.8. The molecule has 1 atom stereocenters. The maximum atomic E-state index is 12.0. The van der Waals surface area contributed by atoms with Crippen molar-refractivity contribution in [1.82, 2.24) is 10.2 Å². The number of piperidine rings is 1. The van der Waals surface area contributed by atoms with Gasteiger partial charge < -0.3 is 27.2 Å². The molecule has 4 rings (SSSR count). The number of aliphatic imine (C=N–C) groups is 2. The van der Waals surface area contributed by atoms with Crippen LogP contribution in [0.5, 0.6) is 0 Å². The minimum absolute atomic E-state index is 0.0579. The molecule has 2 aliphatic rings. The number of amidine groups is 1. The second-order valence-electron chi connectivity index (χ2n) is 9.22. The van der Waals surface area contributed by atoms with Crippen molar-refractivity contribution in [3.05, 3.63) is 64.7 Å². The summed E-state index contributed by atoms with van der Waals surface area (Å²) in [6.45, 7) is 3.01. The Balaban J connectivity index is 1.38. The van der Waals surface area contributed by atoms with E-state index in [1.807, 2.05) is 24.3 Å². The van der Waals surface area contributed by atoms with Gasteiger partial charge in [0.15, 0.2) is 5.96 Å². The van der Waals surface area contributed by atoms with Crippen LogP contribution in [0.25, 0.3) is 0 Å². The summed E-state index contributed by atoms with van der Waals surface area (Å²) in [6, 6.07) is 14.5. The zero-order valence-electron chi connectivity index (χ0n) is 20.3. The first-order valence-corrected chi connectivity index (χ1v) is 12.7. The zero-order chi connectivity index (χ0) is 25.5. The minimum atomic E-state index is -0.857. The van der Waals surface area contributed by atoms with Crippen molar-refractivity contribution < 1.29 is 9.90 Å². The van der Waals surface area contributed by atoms with Crippen LogP contribution in [-0.4, -0.2) is 66.5 Å². The van der Waals surface area contributed by atoms with Gasteiger partial charge in [-0.3, -0.25) is 14.7 Å². The molecule has 0 spiro atoms. The van der Waals surface area contributed by atoms with E-state index in [2.05, 4.69) is 25.5 Å². The molecule has 0 aliphatic carbocycles. The third kappa shape index (κ3) is 6.41. The van der Waals surface area contributed by atoms with Crippen LogP contribution in [0.1, 0.15) is 41.6 Å². The lowest BCUT2D eigenvalue weighted by Gasteiger charge is -2.42. The Morgan fingerprint density at radius 2 is 1.86 bits per heavy atom. The van der Waals surface area contributed by atoms with Crippen LogP contribution in [0.2, 0.25) is 5.02 Å². The van der Waals surface area contributed by atoms with E-state index in [1.54, 1.807) is 24.3 Å². The van der Waals surface area contributed by atoms with Crippen LogP contribution in [0.15, 0.2) is 58.5 Å². The Morgan fingerprint density at radius 3 is 2.53 bits per heavy atom. The number of halogens is 1. The predicted octanol–water partition coefficient (Wildman–Crippen LogP) is 2.30. The van der Waals surface area contributed by atoms with Crippen LogP contribution in [-0.2, 0) is 5.60 Å². The van der Waals surface area contributed by atoms with Crippen molar-refractivity contribution in [1.29, 1.82) is 0 Å². The molecule has 2 aliphatic heterocycles. The van der Waals surface area contributed by atoms with Gasteiger partial charge in [0.25, 0.3) is 5.91 Å². The highest BCUT2D eigenvalue weighted by Crippen LogP contribution is 2.35. The molecule has 7 N–H and O–H groups in total. The Kier molecular flexibility index (Phi) is 8.58. The maximum Gasteiger partial charge on any atom is 0.251 e. The monoisotopic (exact) mass is 511 g/mol. The molecule has 0 aromatic heterocycles. The van der Waals surface area contributed by atoms with Crippen molar-refractivity contribution >= 4 is 35.0 Å². The van der Waals surface area contributed by atoms with E-state index >= 15 is 0 Å². The Hall–Kier alpha value is -2.98. The molecule has 0 bridgehead atoms. The molecule has 192 valence electrons. The summed E-state index contributed by atoms with van der Waals surface area (Å²) in [5, 5.41) is 17.7. The largest absolute Gasteiger partial charge is 0.385 e. The van der Waals surface area contributed by atoms with E-state index in [0.717, 1.165) is 43.7 Å². The molecular formula is C26H34ClN7O2. The summed E-state index contributed by atoms with van der Waals surface area (Å²) < 4.78 is 0. The third-order valence-corrected chi connectivity index (χ3v) is 6.99. The minimum Gasteiger partial charge on any atom is -0.385 e. The van der Waals surface area contributed by atoms with E-state index in [1.165, 1.54) is 0 Å². The van der Waals surface area contributed by atoms with Gasteiger partial charge in [0.2, 0.25) is 0 Å². The number of benzene rings is 2. The predicted molar refractivity (Wildman–Crippen MR) is 145 cm³/mol. The number of carbonyl (C=O) groups excluding carboxylic acids is 1. The van der Waals surface area contributed by atoms with Gasteiger partial charge in [0.05, 0.1) is 11.6 Å². The number of rotatable bonds is 6. The standard InChI is InChI=1S/C26H34ClN7O2/c27-20-7-5-19(6-8-20)26(36)11-16-34(17-12-26)22-2-1-14-30-23(22)33-25(29)32-21-9-3-18(4-10-21)24(35)31-15-13-28/h3-10,22,36H,1-2,11-17,28H2,(H,31,35)(H3,29,30,32,33). The van der Waals surface area contributed by atoms with Crippen LogP contribution in [0.4, 0.5) is 5.69 Å². The molecular weight excluding hydrogens is 478 g/mol. The fourth-order valence-electron chi connectivity index (χ4n) is 4.71. The molecule has 0 radical (unpaired) electrons. The quantitative estimate of drug-likeness (QED) is 0.297. The molecule has 0 saturated carbocycles. The summed E-state index contributed by atoms with van der Waals surface area (Å²) in [4.78, 5) is 23.7. The average Bonchev–Trinajstić information content (AvgIpc) is 2.89. The number of nitrogens with zero attached hydrogens (tertiary/aromatic N) is 3. The number of anilines is 1. The summed E-state index contributed by atoms with van der Waals surface area (Å²) in [6.07, 6.45) is 3.19. The fourth-order valence-corrected chi connectivity index (χ4v) is 4.84. The Bertz CT molecular complexity index is 1090. The lowest BCUT2D eigenvalue weighted by atomic mass is 9.83. The Labute approximate surface area is 216 Å². The summed E-state index contributed by atoms with van der Waals surface area (Å²) in [5.41, 5.74) is 13.0. The van der Waals surface area contributed by atoms with E-state index in [0.29, 0.717) is 42.4 Å². The van der Waals surface area contributed by atoms with Gasteiger partial charge in [0, 0.05) is 49.0 Å². The highest BCUT2D eigenvalue weighted by atomic mass is 35.5. The molecule has 10 heteroatoms. The number of amides is 1. The summed E-state index contributed by atoms with van der Waals surface area (Å²) >= 11 is 6.01. The number of carbonyl (C=O) groups is 1. The number of nitrogens with two attached hydrogens (primary N) is 2. The van der Waals surface area contributed by atoms with Gasteiger partial charge in [0.1, 0.15) is 5.84 Å². The van der Waals surface area contributed by atoms with Crippen molar-refractivity contribution in [2.45, 2.75) is 37.3 Å². The molecule has 36 heavy (non-hydrogen) atoms. The third-order valence-electron chi connectivity index (χ3n) is 6.74. The molecule has 2 aromatic carbocycles. The SMILES string of the molecule is NCCNC(=O)c1ccc(NC(N)=NC2=NCCCC2N2CCC(O)(c3ccc(Cl)cc3)CC2)cc1. The highest BCUT2D eigenvalue weighted by molar-refractivity contribution is 6.30. The normalized spacial score (nSPS) is 20.5. The zero-order valence-corrected chi connectivity index (χ0v) is 21.0. The maximum absolute atomic E-state index is 12.0. The van der Waals surface area contributed by atoms with Crippen LogP contribution >= 0.6 is 11.6 Å². The second-order valence-corrected chi connectivity index (χ2v) is 9.65. The fraction of sp³-hybridized carbons (Fsp3) is 0.423. The van der Waals surface area contributed by atoms with Crippen molar-refractivity contribution in [3.63, 3.8) is 0 Å². The van der Waals surface area contributed by atoms with Gasteiger partial charge in [-0.1, -0.05) is 23.7 Å². The van der Waals surface area contributed by atoms with Crippen LogP contribution in [0, 0.1) is 0 Å². The molecule has 9 nitrogen and oxygen atoms in total. The number of hydrogen-bond acceptors (Lipinski definition) is 6. The smallest absolute Gasteiger partial charge is 0.251 e. The van der Waals surface area contributed by atoms with E-state index < -0.39 is 5.60 Å². The van der Waals surface area contributed by atoms with E-state index in [9.17, 15) is 9.90 Å². The number of likely N-dealkylation sites (tertiary alicyclic amines) is 1. The van der Waals surface area contributed by atoms with E-state index in [4.69, 9.17) is 23.1 Å². The molecule has 2 aromatic rings. The first-order valence-electron chi connectivity index (χ1n) is 12.3. The first-order chi connectivity index (χ1) is 17.4. The van der Waals surface area contributed by atoms with Crippen molar-refractivity contribution in [3.8, 4) is 0 Å². The topological polar surface area (TPSA) is 141 Å². The van der Waals surface area contributed by atoms with Crippen LogP contribution < -0.4 is 22.1 Å².